The highest BCUT2D eigenvalue weighted by atomic mass is 16.5. The number of ether oxygens (including phenoxy) is 1. The highest BCUT2D eigenvalue weighted by molar-refractivity contribution is 5.97. The van der Waals surface area contributed by atoms with E-state index in [0.717, 1.165) is 10.9 Å². The molecule has 0 unspecified atom stereocenters. The van der Waals surface area contributed by atoms with Gasteiger partial charge < -0.3 is 14.4 Å². The van der Waals surface area contributed by atoms with Crippen molar-refractivity contribution < 1.29 is 14.6 Å². The fraction of sp³-hybridized carbons (Fsp3) is 0.188. The summed E-state index contributed by atoms with van der Waals surface area (Å²) in [5.74, 6) is -0.274. The first-order valence-corrected chi connectivity index (χ1v) is 6.39. The molecule has 104 valence electrons. The Morgan fingerprint density at radius 1 is 1.50 bits per heavy atom. The van der Waals surface area contributed by atoms with E-state index in [1.807, 2.05) is 37.3 Å². The third-order valence-electron chi connectivity index (χ3n) is 3.01. The molecule has 0 saturated heterocycles. The molecular weight excluding hydrogens is 254 g/mol. The first-order chi connectivity index (χ1) is 9.69. The van der Waals surface area contributed by atoms with E-state index in [1.165, 1.54) is 0 Å². The van der Waals surface area contributed by atoms with E-state index < -0.39 is 5.97 Å². The molecule has 20 heavy (non-hydrogen) atoms. The predicted molar refractivity (Wildman–Crippen MR) is 79.4 cm³/mol. The topological polar surface area (TPSA) is 51.5 Å². The lowest BCUT2D eigenvalue weighted by Gasteiger charge is -2.07. The lowest BCUT2D eigenvalue weighted by atomic mass is 10.2. The van der Waals surface area contributed by atoms with E-state index in [1.54, 1.807) is 16.7 Å². The van der Waals surface area contributed by atoms with Gasteiger partial charge in [0, 0.05) is 11.9 Å². The normalized spacial score (nSPS) is 11.1. The van der Waals surface area contributed by atoms with Gasteiger partial charge in [0.05, 0.1) is 5.52 Å². The van der Waals surface area contributed by atoms with Gasteiger partial charge >= 0.3 is 5.97 Å². The van der Waals surface area contributed by atoms with Crippen LogP contribution in [0.3, 0.4) is 0 Å². The van der Waals surface area contributed by atoms with Crippen LogP contribution in [0.2, 0.25) is 0 Å². The van der Waals surface area contributed by atoms with Crippen LogP contribution in [0.4, 0.5) is 0 Å². The van der Waals surface area contributed by atoms with E-state index in [9.17, 15) is 9.90 Å². The van der Waals surface area contributed by atoms with Gasteiger partial charge in [-0.2, -0.15) is 0 Å². The number of hydrogen-bond acceptors (Lipinski definition) is 2. The highest BCUT2D eigenvalue weighted by Gasteiger charge is 2.16. The third-order valence-corrected chi connectivity index (χ3v) is 3.01. The summed E-state index contributed by atoms with van der Waals surface area (Å²) in [6.45, 7) is 6.43. The number of allylic oxidation sites excluding steroid dienone is 2. The van der Waals surface area contributed by atoms with Crippen LogP contribution in [0.25, 0.3) is 10.9 Å². The average Bonchev–Trinajstić information content (AvgIpc) is 2.82. The molecule has 0 aliphatic carbocycles. The molecule has 2 aromatic rings. The van der Waals surface area contributed by atoms with Crippen molar-refractivity contribution in [3.63, 3.8) is 0 Å². The summed E-state index contributed by atoms with van der Waals surface area (Å²) in [5.41, 5.74) is 1.11. The summed E-state index contributed by atoms with van der Waals surface area (Å²) >= 11 is 0. The second-order valence-electron chi connectivity index (χ2n) is 4.30. The maximum Gasteiger partial charge on any atom is 0.352 e. The molecule has 0 atom stereocenters. The zero-order valence-electron chi connectivity index (χ0n) is 11.4. The largest absolute Gasteiger partial charge is 0.489 e. The van der Waals surface area contributed by atoms with Crippen molar-refractivity contribution in [1.29, 1.82) is 0 Å². The Hall–Kier alpha value is -2.49. The Balaban J connectivity index is 2.60. The van der Waals surface area contributed by atoms with Gasteiger partial charge in [0.15, 0.2) is 0 Å². The number of carbonyl (C=O) groups is 1. The maximum absolute atomic E-state index is 11.4. The van der Waals surface area contributed by atoms with Crippen molar-refractivity contribution in [2.75, 3.05) is 6.61 Å². The van der Waals surface area contributed by atoms with Gasteiger partial charge in [-0.25, -0.2) is 4.79 Å². The molecule has 0 aliphatic heterocycles. The zero-order valence-corrected chi connectivity index (χ0v) is 11.4. The first-order valence-electron chi connectivity index (χ1n) is 6.39. The zero-order chi connectivity index (χ0) is 14.5. The molecule has 1 aromatic heterocycles. The van der Waals surface area contributed by atoms with Crippen molar-refractivity contribution in [2.24, 2.45) is 0 Å². The molecule has 1 N–H and O–H groups in total. The molecule has 0 bridgehead atoms. The van der Waals surface area contributed by atoms with Gasteiger partial charge in [-0.15, -0.1) is 0 Å². The van der Waals surface area contributed by atoms with E-state index >= 15 is 0 Å². The quantitative estimate of drug-likeness (QED) is 0.818. The third kappa shape index (κ3) is 2.59. The van der Waals surface area contributed by atoms with Gasteiger partial charge in [0.2, 0.25) is 0 Å². The van der Waals surface area contributed by atoms with Gasteiger partial charge in [-0.3, -0.25) is 0 Å². The Bertz CT molecular complexity index is 668. The van der Waals surface area contributed by atoms with Crippen LogP contribution in [-0.2, 0) is 6.54 Å². The van der Waals surface area contributed by atoms with E-state index in [0.29, 0.717) is 18.9 Å². The molecule has 0 amide bonds. The number of aromatic nitrogens is 1. The van der Waals surface area contributed by atoms with Gasteiger partial charge in [-0.1, -0.05) is 30.9 Å². The fourth-order valence-electron chi connectivity index (χ4n) is 2.12. The smallest absolute Gasteiger partial charge is 0.352 e. The maximum atomic E-state index is 11.4. The molecule has 0 radical (unpaired) electrons. The molecule has 2 rings (SSSR count). The minimum absolute atomic E-state index is 0.257. The fourth-order valence-corrected chi connectivity index (χ4v) is 2.12. The summed E-state index contributed by atoms with van der Waals surface area (Å²) in [4.78, 5) is 11.4. The van der Waals surface area contributed by atoms with Crippen LogP contribution in [0.1, 0.15) is 17.4 Å². The molecule has 1 aromatic carbocycles. The minimum Gasteiger partial charge on any atom is -0.489 e. The van der Waals surface area contributed by atoms with Gasteiger partial charge in [0.25, 0.3) is 0 Å². The summed E-state index contributed by atoms with van der Waals surface area (Å²) in [6, 6.07) is 7.24. The monoisotopic (exact) mass is 271 g/mol. The molecule has 4 heteroatoms. The van der Waals surface area contributed by atoms with E-state index in [2.05, 4.69) is 6.58 Å². The van der Waals surface area contributed by atoms with Crippen LogP contribution in [0, 0.1) is 0 Å². The van der Waals surface area contributed by atoms with Crippen molar-refractivity contribution >= 4 is 16.9 Å². The molecule has 1 heterocycles. The second kappa shape index (κ2) is 6.10. The molecule has 0 fully saturated rings. The van der Waals surface area contributed by atoms with Gasteiger partial charge in [-0.05, 0) is 25.1 Å². The van der Waals surface area contributed by atoms with Crippen molar-refractivity contribution in [2.45, 2.75) is 13.5 Å². The predicted octanol–water partition coefficient (Wildman–Crippen LogP) is 3.48. The van der Waals surface area contributed by atoms with Crippen molar-refractivity contribution in [1.82, 2.24) is 4.57 Å². The van der Waals surface area contributed by atoms with Crippen LogP contribution < -0.4 is 4.74 Å². The number of carboxylic acid groups (broad SMARTS) is 1. The number of carboxylic acids is 1. The van der Waals surface area contributed by atoms with Crippen molar-refractivity contribution in [3.8, 4) is 5.75 Å². The van der Waals surface area contributed by atoms with E-state index in [-0.39, 0.29) is 5.69 Å². The number of hydrogen-bond donors (Lipinski definition) is 1. The van der Waals surface area contributed by atoms with Crippen LogP contribution in [-0.4, -0.2) is 22.2 Å². The summed E-state index contributed by atoms with van der Waals surface area (Å²) in [5, 5.41) is 10.1. The van der Waals surface area contributed by atoms with Crippen molar-refractivity contribution in [3.05, 3.63) is 54.8 Å². The molecule has 0 aliphatic rings. The number of fused-ring (bicyclic) bond motifs is 1. The van der Waals surface area contributed by atoms with Gasteiger partial charge in [0.1, 0.15) is 18.1 Å². The Morgan fingerprint density at radius 2 is 2.30 bits per heavy atom. The van der Waals surface area contributed by atoms with Crippen LogP contribution in [0.5, 0.6) is 5.75 Å². The van der Waals surface area contributed by atoms with E-state index in [4.69, 9.17) is 4.74 Å². The molecule has 4 nitrogen and oxygen atoms in total. The lowest BCUT2D eigenvalue weighted by molar-refractivity contribution is 0.0686. The molecule has 0 spiro atoms. The number of rotatable bonds is 6. The first kappa shape index (κ1) is 13.9. The average molecular weight is 271 g/mol. The number of benzene rings is 1. The lowest BCUT2D eigenvalue weighted by Crippen LogP contribution is -2.07. The standard InChI is InChI=1S/C16H17NO3/c1-3-5-9-17-13-7-6-8-15(20-10-4-2)12(13)11-14(17)16(18)19/h3-8,11H,2,9-10H2,1H3,(H,18,19)/b5-3-. The Morgan fingerprint density at radius 3 is 2.95 bits per heavy atom. The summed E-state index contributed by atoms with van der Waals surface area (Å²) in [7, 11) is 0. The Labute approximate surface area is 117 Å². The van der Waals surface area contributed by atoms with Crippen LogP contribution in [0.15, 0.2) is 49.1 Å². The summed E-state index contributed by atoms with van der Waals surface area (Å²) in [6.07, 6.45) is 5.48. The SMILES string of the molecule is C=CCOc1cccc2c1cc(C(=O)O)n2C/C=C\C. The van der Waals surface area contributed by atoms with Crippen LogP contribution >= 0.6 is 0 Å². The highest BCUT2D eigenvalue weighted by Crippen LogP contribution is 2.29. The molecule has 0 saturated carbocycles. The minimum atomic E-state index is -0.944. The number of nitrogens with zero attached hydrogens (tertiary/aromatic N) is 1. The Kier molecular flexibility index (Phi) is 4.25. The second-order valence-corrected chi connectivity index (χ2v) is 4.30. The summed E-state index contributed by atoms with van der Waals surface area (Å²) < 4.78 is 7.34. The molecular formula is C16H17NO3. The number of aromatic carboxylic acids is 1.